The monoisotopic (exact) mass is 637 g/mol. The minimum absolute atomic E-state index is 0. The van der Waals surface area contributed by atoms with E-state index in [0.29, 0.717) is 18.1 Å². The van der Waals surface area contributed by atoms with Crippen LogP contribution < -0.4 is 4.74 Å². The highest BCUT2D eigenvalue weighted by molar-refractivity contribution is 9.10. The van der Waals surface area contributed by atoms with E-state index in [0.717, 1.165) is 67.2 Å². The number of carbonyl (C=O) groups is 1. The van der Waals surface area contributed by atoms with Gasteiger partial charge in [-0.2, -0.15) is 0 Å². The highest BCUT2D eigenvalue weighted by Gasteiger charge is 2.22. The molecule has 0 amide bonds. The highest BCUT2D eigenvalue weighted by Crippen LogP contribution is 2.37. The summed E-state index contributed by atoms with van der Waals surface area (Å²) in [6, 6.07) is 17.6. The van der Waals surface area contributed by atoms with Crippen molar-refractivity contribution in [3.63, 3.8) is 0 Å². The van der Waals surface area contributed by atoms with Gasteiger partial charge < -0.3 is 14.8 Å². The number of carboxylic acids is 1. The summed E-state index contributed by atoms with van der Waals surface area (Å²) in [5, 5.41) is 10.7. The molecular weight excluding hydrogens is 610 g/mol. The lowest BCUT2D eigenvalue weighted by Gasteiger charge is -2.22. The first kappa shape index (κ1) is 28.3. The lowest BCUT2D eigenvalue weighted by Crippen LogP contribution is -2.07. The smallest absolute Gasteiger partial charge is 0.335 e. The Morgan fingerprint density at radius 3 is 2.52 bits per heavy atom. The molecule has 3 aromatic carbocycles. The number of fused-ring (bicyclic) bond motifs is 1. The molecule has 0 atom stereocenters. The summed E-state index contributed by atoms with van der Waals surface area (Å²) in [7, 11) is 0. The second-order valence-corrected chi connectivity index (χ2v) is 12.2. The van der Waals surface area contributed by atoms with Gasteiger partial charge in [-0.15, -0.1) is 23.7 Å². The third kappa shape index (κ3) is 5.94. The number of thiazole rings is 1. The topological polar surface area (TPSA) is 88.1 Å². The van der Waals surface area contributed by atoms with E-state index in [2.05, 4.69) is 45.0 Å². The third-order valence-electron chi connectivity index (χ3n) is 7.34. The second-order valence-electron chi connectivity index (χ2n) is 10.1. The molecule has 6 rings (SSSR count). The summed E-state index contributed by atoms with van der Waals surface area (Å²) in [5.41, 5.74) is 6.05. The molecule has 40 heavy (non-hydrogen) atoms. The van der Waals surface area contributed by atoms with Crippen molar-refractivity contribution in [1.29, 1.82) is 0 Å². The minimum Gasteiger partial charge on any atom is -0.489 e. The van der Waals surface area contributed by atoms with Crippen molar-refractivity contribution < 1.29 is 14.6 Å². The van der Waals surface area contributed by atoms with Crippen LogP contribution in [0.25, 0.3) is 33.0 Å². The number of imidazole rings is 1. The lowest BCUT2D eigenvalue weighted by molar-refractivity contribution is 0.0697. The molecule has 1 saturated carbocycles. The Kier molecular flexibility index (Phi) is 8.59. The maximum Gasteiger partial charge on any atom is 0.335 e. The summed E-state index contributed by atoms with van der Waals surface area (Å²) in [6.45, 7) is 2.48. The highest BCUT2D eigenvalue weighted by atomic mass is 79.9. The second kappa shape index (κ2) is 12.1. The van der Waals surface area contributed by atoms with Crippen LogP contribution in [-0.4, -0.2) is 26.0 Å². The fourth-order valence-electron chi connectivity index (χ4n) is 5.31. The van der Waals surface area contributed by atoms with Crippen molar-refractivity contribution >= 4 is 56.7 Å². The van der Waals surface area contributed by atoms with E-state index in [1.165, 1.54) is 24.1 Å². The number of aromatic carboxylic acids is 1. The van der Waals surface area contributed by atoms with E-state index in [4.69, 9.17) is 9.72 Å². The zero-order chi connectivity index (χ0) is 26.9. The van der Waals surface area contributed by atoms with E-state index in [1.807, 2.05) is 42.6 Å². The molecule has 1 fully saturated rings. The Morgan fingerprint density at radius 1 is 1.07 bits per heavy atom. The number of aromatic amines is 1. The Bertz CT molecular complexity index is 1660. The zero-order valence-corrected chi connectivity index (χ0v) is 25.2. The van der Waals surface area contributed by atoms with Crippen molar-refractivity contribution in [3.05, 3.63) is 86.8 Å². The van der Waals surface area contributed by atoms with Gasteiger partial charge in [-0.05, 0) is 79.8 Å². The van der Waals surface area contributed by atoms with Crippen molar-refractivity contribution in [2.24, 2.45) is 0 Å². The SMILES string of the molecule is Cc1cnc(-c2ccc(Br)c(COc3ccc(-c4nc5c(C6CCCCC6)cc(C(=O)O)cc5[nH]4)cc3)c2)s1.Cl. The molecule has 9 heteroatoms. The van der Waals surface area contributed by atoms with Gasteiger partial charge in [0, 0.05) is 32.2 Å². The summed E-state index contributed by atoms with van der Waals surface area (Å²) in [5.74, 6) is 0.925. The van der Waals surface area contributed by atoms with Gasteiger partial charge >= 0.3 is 5.97 Å². The molecule has 0 aliphatic heterocycles. The Labute approximate surface area is 251 Å². The molecule has 0 radical (unpaired) electrons. The van der Waals surface area contributed by atoms with Crippen LogP contribution in [-0.2, 0) is 6.61 Å². The Balaban J connectivity index is 0.00000323. The predicted octanol–water partition coefficient (Wildman–Crippen LogP) is 9.17. The molecule has 2 heterocycles. The van der Waals surface area contributed by atoms with Gasteiger partial charge in [0.25, 0.3) is 0 Å². The number of hydrogen-bond donors (Lipinski definition) is 2. The standard InChI is InChI=1S/C31H28BrN3O3S.ClH/c1-18-16-33-30(39-18)21-9-12-26(32)23(13-21)17-38-24-10-7-20(8-11-24)29-34-27-15-22(31(36)37)14-25(28(27)35-29)19-5-3-2-4-6-19;/h7-16,19H,2-6,17H2,1H3,(H,34,35)(H,36,37);1H. The molecular formula is C31H29BrClN3O3S. The quantitative estimate of drug-likeness (QED) is 0.186. The molecule has 0 saturated heterocycles. The van der Waals surface area contributed by atoms with Gasteiger partial charge in [-0.1, -0.05) is 41.3 Å². The van der Waals surface area contributed by atoms with E-state index < -0.39 is 5.97 Å². The van der Waals surface area contributed by atoms with Crippen LogP contribution in [0.4, 0.5) is 0 Å². The van der Waals surface area contributed by atoms with Crippen LogP contribution in [0.15, 0.2) is 65.3 Å². The summed E-state index contributed by atoms with van der Waals surface area (Å²) < 4.78 is 7.11. The number of nitrogens with zero attached hydrogens (tertiary/aromatic N) is 2. The van der Waals surface area contributed by atoms with Crippen molar-refractivity contribution in [3.8, 4) is 27.7 Å². The largest absolute Gasteiger partial charge is 0.489 e. The predicted molar refractivity (Wildman–Crippen MR) is 166 cm³/mol. The molecule has 0 unspecified atom stereocenters. The average Bonchev–Trinajstić information content (AvgIpc) is 3.59. The number of carboxylic acid groups (broad SMARTS) is 1. The number of aryl methyl sites for hydroxylation is 1. The van der Waals surface area contributed by atoms with Crippen molar-refractivity contribution in [2.75, 3.05) is 0 Å². The first-order chi connectivity index (χ1) is 18.9. The van der Waals surface area contributed by atoms with E-state index >= 15 is 0 Å². The van der Waals surface area contributed by atoms with Crippen molar-refractivity contribution in [2.45, 2.75) is 51.6 Å². The number of H-pyrrole nitrogens is 1. The summed E-state index contributed by atoms with van der Waals surface area (Å²) in [4.78, 5) is 25.8. The zero-order valence-electron chi connectivity index (χ0n) is 21.9. The Hall–Kier alpha value is -3.20. The normalized spacial score (nSPS) is 13.8. The van der Waals surface area contributed by atoms with Crippen LogP contribution in [0.5, 0.6) is 5.75 Å². The third-order valence-corrected chi connectivity index (χ3v) is 9.08. The van der Waals surface area contributed by atoms with E-state index in [1.54, 1.807) is 17.4 Å². The first-order valence-corrected chi connectivity index (χ1v) is 14.8. The van der Waals surface area contributed by atoms with Gasteiger partial charge in [-0.3, -0.25) is 0 Å². The van der Waals surface area contributed by atoms with Crippen LogP contribution >= 0.6 is 39.7 Å². The Morgan fingerprint density at radius 2 is 1.82 bits per heavy atom. The summed E-state index contributed by atoms with van der Waals surface area (Å²) >= 11 is 5.32. The molecule has 5 aromatic rings. The van der Waals surface area contributed by atoms with Crippen LogP contribution in [0.2, 0.25) is 0 Å². The maximum atomic E-state index is 11.8. The number of aromatic nitrogens is 3. The minimum atomic E-state index is -0.912. The molecule has 206 valence electrons. The number of hydrogen-bond acceptors (Lipinski definition) is 5. The molecule has 6 nitrogen and oxygen atoms in total. The molecule has 1 aliphatic carbocycles. The summed E-state index contributed by atoms with van der Waals surface area (Å²) in [6.07, 6.45) is 7.64. The maximum absolute atomic E-state index is 11.8. The molecule has 2 aromatic heterocycles. The first-order valence-electron chi connectivity index (χ1n) is 13.2. The van der Waals surface area contributed by atoms with E-state index in [9.17, 15) is 9.90 Å². The molecule has 0 bridgehead atoms. The molecule has 2 N–H and O–H groups in total. The van der Waals surface area contributed by atoms with E-state index in [-0.39, 0.29) is 12.4 Å². The van der Waals surface area contributed by atoms with Crippen LogP contribution in [0.1, 0.15) is 64.4 Å². The molecule has 1 aliphatic rings. The lowest BCUT2D eigenvalue weighted by atomic mass is 9.83. The number of nitrogens with one attached hydrogen (secondary N) is 1. The van der Waals surface area contributed by atoms with Crippen LogP contribution in [0.3, 0.4) is 0 Å². The number of rotatable bonds is 7. The van der Waals surface area contributed by atoms with Crippen LogP contribution in [0, 0.1) is 6.92 Å². The van der Waals surface area contributed by atoms with Crippen molar-refractivity contribution in [1.82, 2.24) is 15.0 Å². The number of ether oxygens (including phenoxy) is 1. The fourth-order valence-corrected chi connectivity index (χ4v) is 6.43. The van der Waals surface area contributed by atoms with Gasteiger partial charge in [-0.25, -0.2) is 14.8 Å². The van der Waals surface area contributed by atoms with Gasteiger partial charge in [0.2, 0.25) is 0 Å². The molecule has 0 spiro atoms. The number of benzene rings is 3. The van der Waals surface area contributed by atoms with Gasteiger partial charge in [0.05, 0.1) is 16.6 Å². The van der Waals surface area contributed by atoms with Gasteiger partial charge in [0.15, 0.2) is 0 Å². The number of halogens is 2. The average molecular weight is 639 g/mol. The fraction of sp³-hybridized carbons (Fsp3) is 0.258. The van der Waals surface area contributed by atoms with Gasteiger partial charge in [0.1, 0.15) is 23.2 Å².